The Balaban J connectivity index is 1.93. The van der Waals surface area contributed by atoms with Crippen molar-refractivity contribution in [2.45, 2.75) is 52.0 Å². The molecule has 1 heterocycles. The third-order valence-electron chi connectivity index (χ3n) is 4.11. The summed E-state index contributed by atoms with van der Waals surface area (Å²) in [5, 5.41) is 0. The first kappa shape index (κ1) is 11.1. The van der Waals surface area contributed by atoms with E-state index in [4.69, 9.17) is 0 Å². The highest BCUT2D eigenvalue weighted by molar-refractivity contribution is 5.82. The van der Waals surface area contributed by atoms with Crippen molar-refractivity contribution in [1.29, 1.82) is 0 Å². The van der Waals surface area contributed by atoms with Crippen LogP contribution in [0.5, 0.6) is 0 Å². The van der Waals surface area contributed by atoms with Crippen LogP contribution < -0.4 is 0 Å². The molecule has 0 aromatic rings. The number of carbonyl (C=O) groups is 1. The van der Waals surface area contributed by atoms with E-state index in [1.165, 1.54) is 32.1 Å². The molecule has 0 amide bonds. The topological polar surface area (TPSA) is 20.3 Å². The summed E-state index contributed by atoms with van der Waals surface area (Å²) in [5.74, 6) is 1.52. The molecule has 0 aromatic carbocycles. The number of piperidine rings is 1. The van der Waals surface area contributed by atoms with Gasteiger partial charge in [0.05, 0.1) is 6.54 Å². The summed E-state index contributed by atoms with van der Waals surface area (Å²) < 4.78 is 0. The second-order valence-corrected chi connectivity index (χ2v) is 5.49. The minimum absolute atomic E-state index is 0.201. The van der Waals surface area contributed by atoms with E-state index in [1.807, 2.05) is 13.8 Å². The normalized spacial score (nSPS) is 31.9. The fourth-order valence-corrected chi connectivity index (χ4v) is 3.14. The zero-order chi connectivity index (χ0) is 10.8. The Kier molecular flexibility index (Phi) is 3.45. The number of hydrogen-bond acceptors (Lipinski definition) is 2. The van der Waals surface area contributed by atoms with Crippen LogP contribution in [0.25, 0.3) is 0 Å². The van der Waals surface area contributed by atoms with E-state index in [0.29, 0.717) is 12.3 Å². The lowest BCUT2D eigenvalue weighted by Crippen LogP contribution is -2.45. The largest absolute Gasteiger partial charge is 0.298 e. The highest BCUT2D eigenvalue weighted by Gasteiger charge is 2.35. The van der Waals surface area contributed by atoms with Gasteiger partial charge in [-0.1, -0.05) is 20.3 Å². The van der Waals surface area contributed by atoms with Crippen LogP contribution >= 0.6 is 0 Å². The molecule has 2 unspecified atom stereocenters. The molecule has 1 aliphatic heterocycles. The number of hydrogen-bond donors (Lipinski definition) is 0. The van der Waals surface area contributed by atoms with Crippen LogP contribution in [0.4, 0.5) is 0 Å². The number of fused-ring (bicyclic) bond motifs is 1. The molecular weight excluding hydrogens is 186 g/mol. The number of Topliss-reactive ketones (excluding diaryl/α,β-unsaturated/α-hetero) is 1. The summed E-state index contributed by atoms with van der Waals surface area (Å²) in [7, 11) is 0. The van der Waals surface area contributed by atoms with Crippen molar-refractivity contribution < 1.29 is 4.79 Å². The van der Waals surface area contributed by atoms with E-state index in [0.717, 1.165) is 18.5 Å². The van der Waals surface area contributed by atoms with Gasteiger partial charge in [0.1, 0.15) is 5.78 Å². The molecule has 86 valence electrons. The molecule has 2 aliphatic rings. The van der Waals surface area contributed by atoms with Crippen molar-refractivity contribution in [3.63, 3.8) is 0 Å². The molecule has 0 N–H and O–H groups in total. The predicted octanol–water partition coefficient (Wildman–Crippen LogP) is 2.48. The Morgan fingerprint density at radius 2 is 2.00 bits per heavy atom. The summed E-state index contributed by atoms with van der Waals surface area (Å²) in [6.07, 6.45) is 6.80. The second-order valence-electron chi connectivity index (χ2n) is 5.49. The lowest BCUT2D eigenvalue weighted by molar-refractivity contribution is -0.124. The summed E-state index contributed by atoms with van der Waals surface area (Å²) in [6.45, 7) is 5.88. The molecule has 0 aromatic heterocycles. The Labute approximate surface area is 93.0 Å². The van der Waals surface area contributed by atoms with Crippen LogP contribution in [0.15, 0.2) is 0 Å². The van der Waals surface area contributed by atoms with Gasteiger partial charge in [0, 0.05) is 12.0 Å². The Bertz CT molecular complexity index is 237. The molecule has 2 atom stereocenters. The molecule has 2 rings (SSSR count). The van der Waals surface area contributed by atoms with Gasteiger partial charge >= 0.3 is 0 Å². The number of rotatable bonds is 3. The SMILES string of the molecule is CC(C)C(=O)CN1CCCC2CCCC21. The molecule has 2 fully saturated rings. The second kappa shape index (κ2) is 4.65. The number of ketones is 1. The summed E-state index contributed by atoms with van der Waals surface area (Å²) >= 11 is 0. The third kappa shape index (κ3) is 2.41. The minimum Gasteiger partial charge on any atom is -0.298 e. The third-order valence-corrected chi connectivity index (χ3v) is 4.11. The van der Waals surface area contributed by atoms with Crippen molar-refractivity contribution >= 4 is 5.78 Å². The van der Waals surface area contributed by atoms with Crippen LogP contribution in [0.3, 0.4) is 0 Å². The molecule has 1 saturated carbocycles. The van der Waals surface area contributed by atoms with Crippen LogP contribution in [0.1, 0.15) is 46.0 Å². The maximum absolute atomic E-state index is 11.8. The zero-order valence-corrected chi connectivity index (χ0v) is 10.0. The van der Waals surface area contributed by atoms with E-state index in [1.54, 1.807) is 0 Å². The van der Waals surface area contributed by atoms with Crippen molar-refractivity contribution in [2.75, 3.05) is 13.1 Å². The average Bonchev–Trinajstić information content (AvgIpc) is 2.66. The van der Waals surface area contributed by atoms with Crippen LogP contribution in [-0.2, 0) is 4.79 Å². The Morgan fingerprint density at radius 1 is 1.27 bits per heavy atom. The fraction of sp³-hybridized carbons (Fsp3) is 0.923. The van der Waals surface area contributed by atoms with Gasteiger partial charge in [0.25, 0.3) is 0 Å². The lowest BCUT2D eigenvalue weighted by atomic mass is 9.91. The fourth-order valence-electron chi connectivity index (χ4n) is 3.14. The van der Waals surface area contributed by atoms with Crippen LogP contribution in [-0.4, -0.2) is 29.8 Å². The van der Waals surface area contributed by atoms with Crippen molar-refractivity contribution in [1.82, 2.24) is 4.90 Å². The maximum Gasteiger partial charge on any atom is 0.149 e. The molecular formula is C13H23NO. The standard InChI is InChI=1S/C13H23NO/c1-10(2)13(15)9-14-8-4-6-11-5-3-7-12(11)14/h10-12H,3-9H2,1-2H3. The zero-order valence-electron chi connectivity index (χ0n) is 10.0. The molecule has 15 heavy (non-hydrogen) atoms. The highest BCUT2D eigenvalue weighted by Crippen LogP contribution is 2.36. The van der Waals surface area contributed by atoms with Crippen molar-refractivity contribution in [2.24, 2.45) is 11.8 Å². The first-order chi connectivity index (χ1) is 7.18. The van der Waals surface area contributed by atoms with E-state index >= 15 is 0 Å². The lowest BCUT2D eigenvalue weighted by Gasteiger charge is -2.37. The maximum atomic E-state index is 11.8. The molecule has 1 saturated heterocycles. The van der Waals surface area contributed by atoms with E-state index < -0.39 is 0 Å². The monoisotopic (exact) mass is 209 g/mol. The van der Waals surface area contributed by atoms with Crippen LogP contribution in [0.2, 0.25) is 0 Å². The Morgan fingerprint density at radius 3 is 2.73 bits per heavy atom. The molecule has 2 heteroatoms. The summed E-state index contributed by atoms with van der Waals surface area (Å²) in [6, 6.07) is 0.737. The van der Waals surface area contributed by atoms with Gasteiger partial charge in [-0.15, -0.1) is 0 Å². The van der Waals surface area contributed by atoms with Gasteiger partial charge in [-0.3, -0.25) is 9.69 Å². The Hall–Kier alpha value is -0.370. The van der Waals surface area contributed by atoms with Crippen molar-refractivity contribution in [3.05, 3.63) is 0 Å². The highest BCUT2D eigenvalue weighted by atomic mass is 16.1. The smallest absolute Gasteiger partial charge is 0.149 e. The minimum atomic E-state index is 0.201. The average molecular weight is 209 g/mol. The molecule has 1 aliphatic carbocycles. The quantitative estimate of drug-likeness (QED) is 0.711. The van der Waals surface area contributed by atoms with E-state index in [2.05, 4.69) is 4.90 Å². The molecule has 2 nitrogen and oxygen atoms in total. The number of nitrogens with zero attached hydrogens (tertiary/aromatic N) is 1. The molecule has 0 bridgehead atoms. The first-order valence-corrected chi connectivity index (χ1v) is 6.45. The first-order valence-electron chi connectivity index (χ1n) is 6.45. The van der Waals surface area contributed by atoms with Crippen molar-refractivity contribution in [3.8, 4) is 0 Å². The van der Waals surface area contributed by atoms with Gasteiger partial charge < -0.3 is 0 Å². The van der Waals surface area contributed by atoms with E-state index in [-0.39, 0.29) is 5.92 Å². The number of carbonyl (C=O) groups excluding carboxylic acids is 1. The van der Waals surface area contributed by atoms with Gasteiger partial charge in [-0.05, 0) is 38.1 Å². The van der Waals surface area contributed by atoms with Gasteiger partial charge in [0.15, 0.2) is 0 Å². The van der Waals surface area contributed by atoms with Crippen LogP contribution in [0, 0.1) is 11.8 Å². The van der Waals surface area contributed by atoms with Gasteiger partial charge in [0.2, 0.25) is 0 Å². The molecule has 0 spiro atoms. The summed E-state index contributed by atoms with van der Waals surface area (Å²) in [4.78, 5) is 14.2. The number of likely N-dealkylation sites (tertiary alicyclic amines) is 1. The van der Waals surface area contributed by atoms with E-state index in [9.17, 15) is 4.79 Å². The van der Waals surface area contributed by atoms with Gasteiger partial charge in [-0.25, -0.2) is 0 Å². The predicted molar refractivity (Wildman–Crippen MR) is 61.8 cm³/mol. The van der Waals surface area contributed by atoms with Gasteiger partial charge in [-0.2, -0.15) is 0 Å². The molecule has 0 radical (unpaired) electrons. The summed E-state index contributed by atoms with van der Waals surface area (Å²) in [5.41, 5.74) is 0.